The Balaban J connectivity index is 1.53. The first-order chi connectivity index (χ1) is 15.8. The van der Waals surface area contributed by atoms with Gasteiger partial charge in [0.15, 0.2) is 0 Å². The maximum absolute atomic E-state index is 13.6. The van der Waals surface area contributed by atoms with Crippen LogP contribution in [0.5, 0.6) is 0 Å². The minimum Gasteiger partial charge on any atom is -0.375 e. The predicted octanol–water partition coefficient (Wildman–Crippen LogP) is 2.95. The summed E-state index contributed by atoms with van der Waals surface area (Å²) in [6, 6.07) is 7.98. The number of aromatic nitrogens is 3. The third kappa shape index (κ3) is 3.28. The van der Waals surface area contributed by atoms with Crippen molar-refractivity contribution >= 4 is 34.4 Å². The molecule has 5 heterocycles. The highest BCUT2D eigenvalue weighted by Gasteiger charge is 2.37. The van der Waals surface area contributed by atoms with Gasteiger partial charge in [-0.25, -0.2) is 0 Å². The summed E-state index contributed by atoms with van der Waals surface area (Å²) >= 11 is 1.34. The lowest BCUT2D eigenvalue weighted by Crippen LogP contribution is -2.36. The molecule has 1 saturated heterocycles. The molecule has 3 aliphatic rings. The van der Waals surface area contributed by atoms with Crippen LogP contribution in [0.25, 0.3) is 10.9 Å². The molecule has 0 radical (unpaired) electrons. The van der Waals surface area contributed by atoms with Crippen molar-refractivity contribution in [2.24, 2.45) is 0 Å². The molecule has 2 aromatic heterocycles. The Labute approximate surface area is 194 Å². The van der Waals surface area contributed by atoms with E-state index in [2.05, 4.69) is 16.5 Å². The lowest BCUT2D eigenvalue weighted by atomic mass is 9.94. The fourth-order valence-electron chi connectivity index (χ4n) is 5.56. The van der Waals surface area contributed by atoms with E-state index in [1.54, 1.807) is 4.68 Å². The van der Waals surface area contributed by atoms with Gasteiger partial charge >= 0.3 is 0 Å². The van der Waals surface area contributed by atoms with Crippen LogP contribution in [0.2, 0.25) is 0 Å². The summed E-state index contributed by atoms with van der Waals surface area (Å²) in [6.07, 6.45) is 2.28. The van der Waals surface area contributed by atoms with Crippen molar-refractivity contribution in [3.63, 3.8) is 0 Å². The van der Waals surface area contributed by atoms with Crippen molar-refractivity contribution in [2.45, 2.75) is 56.5 Å². The van der Waals surface area contributed by atoms with Gasteiger partial charge in [0.2, 0.25) is 5.91 Å². The van der Waals surface area contributed by atoms with E-state index in [0.717, 1.165) is 23.7 Å². The highest BCUT2D eigenvalue weighted by molar-refractivity contribution is 8.00. The molecule has 172 valence electrons. The number of carbonyl (C=O) groups is 1. The Kier molecular flexibility index (Phi) is 4.64. The van der Waals surface area contributed by atoms with Crippen LogP contribution in [-0.2, 0) is 22.5 Å². The van der Waals surface area contributed by atoms with Gasteiger partial charge in [-0.15, -0.1) is 11.8 Å². The molecule has 0 spiro atoms. The summed E-state index contributed by atoms with van der Waals surface area (Å²) in [5.74, 6) is 0.489. The van der Waals surface area contributed by atoms with Gasteiger partial charge in [0.25, 0.3) is 11.1 Å². The van der Waals surface area contributed by atoms with Gasteiger partial charge in [-0.3, -0.25) is 24.2 Å². The molecule has 2 atom stereocenters. The molecular formula is C24H26N4O4S. The largest absolute Gasteiger partial charge is 0.375 e. The first kappa shape index (κ1) is 20.8. The molecule has 33 heavy (non-hydrogen) atoms. The number of nitrogens with one attached hydrogen (secondary N) is 2. The molecule has 1 amide bonds. The van der Waals surface area contributed by atoms with Gasteiger partial charge in [-0.2, -0.15) is 0 Å². The molecule has 0 saturated carbocycles. The number of benzene rings is 1. The zero-order valence-electron chi connectivity index (χ0n) is 18.6. The number of aryl methyl sites for hydroxylation is 2. The molecule has 3 aliphatic heterocycles. The van der Waals surface area contributed by atoms with Gasteiger partial charge in [-0.1, -0.05) is 18.2 Å². The zero-order chi connectivity index (χ0) is 22.9. The number of carbonyl (C=O) groups excluding carboxylic acids is 1. The highest BCUT2D eigenvalue weighted by Crippen LogP contribution is 2.42. The Hall–Kier alpha value is -2.78. The number of nitrogens with zero attached hydrogens (tertiary/aromatic N) is 2. The number of hydrogen-bond donors (Lipinski definition) is 2. The van der Waals surface area contributed by atoms with Crippen LogP contribution in [0.3, 0.4) is 0 Å². The number of anilines is 1. The quantitative estimate of drug-likeness (QED) is 0.605. The molecule has 3 aromatic rings. The number of pyridine rings is 1. The van der Waals surface area contributed by atoms with E-state index in [0.29, 0.717) is 36.5 Å². The summed E-state index contributed by atoms with van der Waals surface area (Å²) in [5, 5.41) is 6.40. The molecular weight excluding hydrogens is 440 g/mol. The van der Waals surface area contributed by atoms with Crippen LogP contribution in [-0.4, -0.2) is 38.2 Å². The van der Waals surface area contributed by atoms with Crippen LogP contribution in [0.15, 0.2) is 33.9 Å². The smallest absolute Gasteiger partial charge is 0.270 e. The normalized spacial score (nSPS) is 23.9. The Morgan fingerprint density at radius 2 is 2.06 bits per heavy atom. The molecule has 9 heteroatoms. The van der Waals surface area contributed by atoms with Gasteiger partial charge < -0.3 is 14.6 Å². The molecule has 2 N–H and O–H groups in total. The first-order valence-corrected chi connectivity index (χ1v) is 12.4. The lowest BCUT2D eigenvalue weighted by Gasteiger charge is -2.36. The van der Waals surface area contributed by atoms with E-state index in [9.17, 15) is 14.4 Å². The molecule has 0 aliphatic carbocycles. The van der Waals surface area contributed by atoms with Gasteiger partial charge in [-0.05, 0) is 50.1 Å². The minimum atomic E-state index is -0.526. The van der Waals surface area contributed by atoms with Crippen molar-refractivity contribution in [3.05, 3.63) is 61.7 Å². The second-order valence-corrected chi connectivity index (χ2v) is 10.8. The standard InChI is InChI=1S/C24H26N4O4S/c1-24(2)11-15(7-9-32-24)28-21-18(22(30)26-28)20(33-12-17(29)25-21)16-10-14-5-3-4-13-6-8-27(19(13)14)23(16)31/h3-5,10,15,20H,6-9,11-12H2,1-2H3,(H,25,29)(H,26,30)/t15-,20-/m0/s1. The maximum Gasteiger partial charge on any atom is 0.270 e. The van der Waals surface area contributed by atoms with Crippen molar-refractivity contribution in [2.75, 3.05) is 17.7 Å². The lowest BCUT2D eigenvalue weighted by molar-refractivity contribution is -0.113. The number of H-pyrrole nitrogens is 1. The van der Waals surface area contributed by atoms with Crippen LogP contribution < -0.4 is 16.4 Å². The van der Waals surface area contributed by atoms with E-state index in [4.69, 9.17) is 4.74 Å². The molecule has 0 unspecified atom stereocenters. The molecule has 1 fully saturated rings. The SMILES string of the molecule is CC1(C)C[C@@H](n2[nH]c(=O)c3c2NC(=O)CS[C@H]3c2cc3cccc4c3n(c2=O)CC4)CCO1. The van der Waals surface area contributed by atoms with Crippen molar-refractivity contribution in [1.29, 1.82) is 0 Å². The molecule has 6 rings (SSSR count). The van der Waals surface area contributed by atoms with E-state index >= 15 is 0 Å². The number of aromatic amines is 1. The van der Waals surface area contributed by atoms with Crippen molar-refractivity contribution < 1.29 is 9.53 Å². The zero-order valence-corrected chi connectivity index (χ0v) is 19.5. The predicted molar refractivity (Wildman–Crippen MR) is 128 cm³/mol. The maximum atomic E-state index is 13.6. The van der Waals surface area contributed by atoms with Crippen LogP contribution in [0, 0.1) is 0 Å². The van der Waals surface area contributed by atoms with Crippen molar-refractivity contribution in [1.82, 2.24) is 14.3 Å². The van der Waals surface area contributed by atoms with Crippen LogP contribution in [0.1, 0.15) is 54.7 Å². The second kappa shape index (κ2) is 7.36. The number of rotatable bonds is 2. The number of para-hydroxylation sites is 1. The number of ether oxygens (including phenoxy) is 1. The number of hydrogen-bond acceptors (Lipinski definition) is 5. The van der Waals surface area contributed by atoms with E-state index < -0.39 is 5.25 Å². The molecule has 1 aromatic carbocycles. The van der Waals surface area contributed by atoms with Gasteiger partial charge in [0.1, 0.15) is 5.82 Å². The Morgan fingerprint density at radius 1 is 1.21 bits per heavy atom. The summed E-state index contributed by atoms with van der Waals surface area (Å²) in [4.78, 5) is 39.5. The number of thioether (sulfide) groups is 1. The third-order valence-corrected chi connectivity index (χ3v) is 8.26. The highest BCUT2D eigenvalue weighted by atomic mass is 32.2. The number of amides is 1. The summed E-state index contributed by atoms with van der Waals surface area (Å²) < 4.78 is 9.48. The topological polar surface area (TPSA) is 98.1 Å². The van der Waals surface area contributed by atoms with E-state index in [1.165, 1.54) is 17.3 Å². The Bertz CT molecular complexity index is 1420. The van der Waals surface area contributed by atoms with E-state index in [-0.39, 0.29) is 34.4 Å². The molecule has 0 bridgehead atoms. The average molecular weight is 467 g/mol. The minimum absolute atomic E-state index is 0.00727. The monoisotopic (exact) mass is 466 g/mol. The fraction of sp³-hybridized carbons (Fsp3) is 0.458. The summed E-state index contributed by atoms with van der Waals surface area (Å²) in [5.41, 5.74) is 2.50. The third-order valence-electron chi connectivity index (χ3n) is 7.01. The first-order valence-electron chi connectivity index (χ1n) is 11.4. The van der Waals surface area contributed by atoms with Gasteiger partial charge in [0, 0.05) is 18.7 Å². The summed E-state index contributed by atoms with van der Waals surface area (Å²) in [6.45, 7) is 5.28. The Morgan fingerprint density at radius 3 is 2.88 bits per heavy atom. The van der Waals surface area contributed by atoms with Crippen LogP contribution in [0.4, 0.5) is 5.82 Å². The molecule has 8 nitrogen and oxygen atoms in total. The van der Waals surface area contributed by atoms with Crippen molar-refractivity contribution in [3.8, 4) is 0 Å². The fourth-order valence-corrected chi connectivity index (χ4v) is 6.69. The second-order valence-electron chi connectivity index (χ2n) is 9.73. The van der Waals surface area contributed by atoms with E-state index in [1.807, 2.05) is 36.6 Å². The van der Waals surface area contributed by atoms with Gasteiger partial charge in [0.05, 0.1) is 33.7 Å². The number of fused-ring (bicyclic) bond motifs is 1. The summed E-state index contributed by atoms with van der Waals surface area (Å²) in [7, 11) is 0. The van der Waals surface area contributed by atoms with Crippen LogP contribution >= 0.6 is 11.8 Å². The average Bonchev–Trinajstić information content (AvgIpc) is 3.29.